The zero-order valence-electron chi connectivity index (χ0n) is 13.5. The van der Waals surface area contributed by atoms with E-state index in [1.807, 2.05) is 6.92 Å². The van der Waals surface area contributed by atoms with E-state index in [9.17, 15) is 4.79 Å². The van der Waals surface area contributed by atoms with E-state index in [-0.39, 0.29) is 12.0 Å². The van der Waals surface area contributed by atoms with Crippen LogP contribution in [0.5, 0.6) is 0 Å². The molecular formula is C16H30N2O3. The summed E-state index contributed by atoms with van der Waals surface area (Å²) in [5.41, 5.74) is 0. The molecule has 1 aliphatic carbocycles. The number of nitrogens with zero attached hydrogens (tertiary/aromatic N) is 1. The zero-order chi connectivity index (χ0) is 15.1. The first-order valence-corrected chi connectivity index (χ1v) is 8.38. The second-order valence-electron chi connectivity index (χ2n) is 6.38. The largest absolute Gasteiger partial charge is 0.465 e. The zero-order valence-corrected chi connectivity index (χ0v) is 13.5. The van der Waals surface area contributed by atoms with Gasteiger partial charge in [-0.1, -0.05) is 0 Å². The fourth-order valence-corrected chi connectivity index (χ4v) is 2.88. The van der Waals surface area contributed by atoms with Crippen molar-refractivity contribution in [3.63, 3.8) is 0 Å². The van der Waals surface area contributed by atoms with Gasteiger partial charge in [0.05, 0.1) is 13.2 Å². The Kier molecular flexibility index (Phi) is 6.93. The number of carbonyl (C=O) groups excluding carboxylic acids is 1. The summed E-state index contributed by atoms with van der Waals surface area (Å²) in [7, 11) is 2.13. The normalized spacial score (nSPS) is 24.0. The van der Waals surface area contributed by atoms with Crippen LogP contribution in [0.1, 0.15) is 39.0 Å². The second kappa shape index (κ2) is 8.71. The van der Waals surface area contributed by atoms with E-state index < -0.39 is 0 Å². The van der Waals surface area contributed by atoms with E-state index >= 15 is 0 Å². The van der Waals surface area contributed by atoms with E-state index in [0.717, 1.165) is 32.7 Å². The van der Waals surface area contributed by atoms with Crippen molar-refractivity contribution in [2.24, 2.45) is 5.92 Å². The van der Waals surface area contributed by atoms with Crippen LogP contribution >= 0.6 is 0 Å². The van der Waals surface area contributed by atoms with Crippen LogP contribution in [0.25, 0.3) is 0 Å². The highest BCUT2D eigenvalue weighted by molar-refractivity contribution is 5.75. The monoisotopic (exact) mass is 298 g/mol. The molecule has 0 aromatic carbocycles. The first-order chi connectivity index (χ1) is 10.2. The molecule has 21 heavy (non-hydrogen) atoms. The van der Waals surface area contributed by atoms with Crippen molar-refractivity contribution in [3.8, 4) is 0 Å². The van der Waals surface area contributed by atoms with Gasteiger partial charge < -0.3 is 19.7 Å². The predicted octanol–water partition coefficient (Wildman–Crippen LogP) is 1.42. The minimum Gasteiger partial charge on any atom is -0.465 e. The SMILES string of the molecule is CCOC(=O)C(CCN(C)CC1CCCOC1)NC1CC1. The van der Waals surface area contributed by atoms with Crippen molar-refractivity contribution in [3.05, 3.63) is 0 Å². The Morgan fingerprint density at radius 2 is 2.24 bits per heavy atom. The molecule has 0 aromatic heterocycles. The minimum atomic E-state index is -0.150. The van der Waals surface area contributed by atoms with E-state index in [0.29, 0.717) is 18.6 Å². The summed E-state index contributed by atoms with van der Waals surface area (Å²) in [6.45, 7) is 6.08. The van der Waals surface area contributed by atoms with Gasteiger partial charge in [0.2, 0.25) is 0 Å². The summed E-state index contributed by atoms with van der Waals surface area (Å²) < 4.78 is 10.7. The summed E-state index contributed by atoms with van der Waals surface area (Å²) in [5, 5.41) is 3.41. The molecule has 5 nitrogen and oxygen atoms in total. The van der Waals surface area contributed by atoms with Gasteiger partial charge in [0.25, 0.3) is 0 Å². The Balaban J connectivity index is 1.69. The Hall–Kier alpha value is -0.650. The Bertz CT molecular complexity index is 315. The molecule has 1 aliphatic heterocycles. The number of ether oxygens (including phenoxy) is 2. The third kappa shape index (κ3) is 6.32. The van der Waals surface area contributed by atoms with Gasteiger partial charge in [-0.3, -0.25) is 4.79 Å². The Labute approximate surface area is 128 Å². The van der Waals surface area contributed by atoms with Gasteiger partial charge >= 0.3 is 5.97 Å². The van der Waals surface area contributed by atoms with Crippen molar-refractivity contribution in [1.82, 2.24) is 10.2 Å². The third-order valence-corrected chi connectivity index (χ3v) is 4.21. The minimum absolute atomic E-state index is 0.0983. The van der Waals surface area contributed by atoms with Crippen LogP contribution < -0.4 is 5.32 Å². The first kappa shape index (κ1) is 16.7. The summed E-state index contributed by atoms with van der Waals surface area (Å²) in [6, 6.07) is 0.374. The van der Waals surface area contributed by atoms with E-state index in [4.69, 9.17) is 9.47 Å². The number of rotatable bonds is 9. The maximum absolute atomic E-state index is 12.0. The number of esters is 1. The topological polar surface area (TPSA) is 50.8 Å². The maximum Gasteiger partial charge on any atom is 0.323 e. The quantitative estimate of drug-likeness (QED) is 0.652. The molecule has 0 aromatic rings. The van der Waals surface area contributed by atoms with Crippen LogP contribution in [-0.2, 0) is 14.3 Å². The highest BCUT2D eigenvalue weighted by Gasteiger charge is 2.29. The molecule has 0 amide bonds. The summed E-state index contributed by atoms with van der Waals surface area (Å²) in [4.78, 5) is 14.3. The van der Waals surface area contributed by atoms with Gasteiger partial charge in [0.1, 0.15) is 6.04 Å². The van der Waals surface area contributed by atoms with Gasteiger partial charge in [0.15, 0.2) is 0 Å². The number of hydrogen-bond donors (Lipinski definition) is 1. The molecular weight excluding hydrogens is 268 g/mol. The number of hydrogen-bond acceptors (Lipinski definition) is 5. The third-order valence-electron chi connectivity index (χ3n) is 4.21. The molecule has 0 spiro atoms. The average Bonchev–Trinajstić information content (AvgIpc) is 3.28. The molecule has 1 heterocycles. The molecule has 122 valence electrons. The van der Waals surface area contributed by atoms with Crippen LogP contribution in [-0.4, -0.2) is 62.9 Å². The predicted molar refractivity (Wildman–Crippen MR) is 82.2 cm³/mol. The fourth-order valence-electron chi connectivity index (χ4n) is 2.88. The number of nitrogens with one attached hydrogen (secondary N) is 1. The van der Waals surface area contributed by atoms with Gasteiger partial charge in [-0.25, -0.2) is 0 Å². The van der Waals surface area contributed by atoms with Crippen molar-refractivity contribution in [2.45, 2.75) is 51.1 Å². The molecule has 1 saturated heterocycles. The summed E-state index contributed by atoms with van der Waals surface area (Å²) in [6.07, 6.45) is 5.62. The maximum atomic E-state index is 12.0. The lowest BCUT2D eigenvalue weighted by molar-refractivity contribution is -0.146. The van der Waals surface area contributed by atoms with Gasteiger partial charge in [-0.15, -0.1) is 0 Å². The smallest absolute Gasteiger partial charge is 0.323 e. The lowest BCUT2D eigenvalue weighted by Crippen LogP contribution is -2.42. The molecule has 2 aliphatic rings. The number of carbonyl (C=O) groups is 1. The van der Waals surface area contributed by atoms with Crippen LogP contribution in [0.2, 0.25) is 0 Å². The Morgan fingerprint density at radius 3 is 2.86 bits per heavy atom. The summed E-state index contributed by atoms with van der Waals surface area (Å²) in [5.74, 6) is 0.542. The molecule has 2 fully saturated rings. The van der Waals surface area contributed by atoms with Gasteiger partial charge in [0, 0.05) is 19.2 Å². The summed E-state index contributed by atoms with van der Waals surface area (Å²) >= 11 is 0. The first-order valence-electron chi connectivity index (χ1n) is 8.38. The molecule has 1 N–H and O–H groups in total. The standard InChI is InChI=1S/C16H30N2O3/c1-3-21-16(19)15(17-14-6-7-14)8-9-18(2)11-13-5-4-10-20-12-13/h13-15,17H,3-12H2,1-2H3. The molecule has 5 heteroatoms. The van der Waals surface area contributed by atoms with Crippen LogP contribution in [0.15, 0.2) is 0 Å². The molecule has 0 radical (unpaired) electrons. The van der Waals surface area contributed by atoms with Gasteiger partial charge in [-0.05, 0) is 58.5 Å². The van der Waals surface area contributed by atoms with Crippen molar-refractivity contribution in [2.75, 3.05) is 40.0 Å². The van der Waals surface area contributed by atoms with Crippen molar-refractivity contribution < 1.29 is 14.3 Å². The van der Waals surface area contributed by atoms with E-state index in [1.54, 1.807) is 0 Å². The highest BCUT2D eigenvalue weighted by Crippen LogP contribution is 2.20. The van der Waals surface area contributed by atoms with Crippen LogP contribution in [0, 0.1) is 5.92 Å². The lowest BCUT2D eigenvalue weighted by atomic mass is 10.0. The molecule has 0 bridgehead atoms. The van der Waals surface area contributed by atoms with Crippen LogP contribution in [0.4, 0.5) is 0 Å². The molecule has 2 unspecified atom stereocenters. The second-order valence-corrected chi connectivity index (χ2v) is 6.38. The van der Waals surface area contributed by atoms with Gasteiger partial charge in [-0.2, -0.15) is 0 Å². The Morgan fingerprint density at radius 1 is 1.43 bits per heavy atom. The van der Waals surface area contributed by atoms with Crippen LogP contribution in [0.3, 0.4) is 0 Å². The molecule has 2 rings (SSSR count). The van der Waals surface area contributed by atoms with E-state index in [2.05, 4.69) is 17.3 Å². The average molecular weight is 298 g/mol. The molecule has 1 saturated carbocycles. The van der Waals surface area contributed by atoms with Crippen molar-refractivity contribution in [1.29, 1.82) is 0 Å². The fraction of sp³-hybridized carbons (Fsp3) is 0.938. The lowest BCUT2D eigenvalue weighted by Gasteiger charge is -2.28. The highest BCUT2D eigenvalue weighted by atomic mass is 16.5. The van der Waals surface area contributed by atoms with E-state index in [1.165, 1.54) is 25.7 Å². The molecule has 2 atom stereocenters. The van der Waals surface area contributed by atoms with Crippen molar-refractivity contribution >= 4 is 5.97 Å².